The Labute approximate surface area is 105 Å². The maximum atomic E-state index is 10.3. The first-order valence-corrected chi connectivity index (χ1v) is 5.95. The third-order valence-corrected chi connectivity index (χ3v) is 3.29. The van der Waals surface area contributed by atoms with Crippen molar-refractivity contribution in [3.63, 3.8) is 0 Å². The van der Waals surface area contributed by atoms with Crippen LogP contribution in [-0.4, -0.2) is 40.4 Å². The molecule has 2 N–H and O–H groups in total. The van der Waals surface area contributed by atoms with E-state index >= 15 is 0 Å². The standard InChI is InChI=1S/C13H16O5/c1-13(2)17-11-8(14)6-7(9-4-3-5-16-9)10(15)12(11)18-13/h3-6,8,10-12,14-15H,1-2H3/t8-,10+,11+,12-/m0/s1. The van der Waals surface area contributed by atoms with Crippen LogP contribution in [0.1, 0.15) is 19.6 Å². The topological polar surface area (TPSA) is 72.1 Å². The second-order valence-electron chi connectivity index (χ2n) is 5.10. The van der Waals surface area contributed by atoms with Crippen LogP contribution in [0.2, 0.25) is 0 Å². The molecule has 5 nitrogen and oxygen atoms in total. The van der Waals surface area contributed by atoms with Gasteiger partial charge in [0.1, 0.15) is 30.2 Å². The summed E-state index contributed by atoms with van der Waals surface area (Å²) < 4.78 is 16.5. The van der Waals surface area contributed by atoms with E-state index in [0.717, 1.165) is 0 Å². The Morgan fingerprint density at radius 2 is 1.89 bits per heavy atom. The van der Waals surface area contributed by atoms with Crippen molar-refractivity contribution in [1.82, 2.24) is 0 Å². The molecule has 0 saturated carbocycles. The summed E-state index contributed by atoms with van der Waals surface area (Å²) in [5, 5.41) is 20.4. The van der Waals surface area contributed by atoms with E-state index in [1.807, 2.05) is 0 Å². The van der Waals surface area contributed by atoms with Crippen LogP contribution < -0.4 is 0 Å². The molecule has 0 bridgehead atoms. The number of aliphatic hydroxyl groups excluding tert-OH is 2. The van der Waals surface area contributed by atoms with Crippen molar-refractivity contribution in [2.24, 2.45) is 0 Å². The van der Waals surface area contributed by atoms with E-state index in [-0.39, 0.29) is 0 Å². The lowest BCUT2D eigenvalue weighted by atomic mass is 9.88. The normalized spacial score (nSPS) is 38.3. The average Bonchev–Trinajstić information content (AvgIpc) is 2.90. The van der Waals surface area contributed by atoms with Gasteiger partial charge in [0.25, 0.3) is 0 Å². The third-order valence-electron chi connectivity index (χ3n) is 3.29. The molecule has 98 valence electrons. The van der Waals surface area contributed by atoms with Gasteiger partial charge in [-0.15, -0.1) is 0 Å². The first-order chi connectivity index (χ1) is 8.48. The lowest BCUT2D eigenvalue weighted by Crippen LogP contribution is -2.46. The fourth-order valence-electron chi connectivity index (χ4n) is 2.55. The summed E-state index contributed by atoms with van der Waals surface area (Å²) in [6.45, 7) is 3.52. The molecule has 1 aliphatic heterocycles. The van der Waals surface area contributed by atoms with E-state index in [1.54, 1.807) is 32.1 Å². The number of fused-ring (bicyclic) bond motifs is 1. The number of furan rings is 1. The average molecular weight is 252 g/mol. The van der Waals surface area contributed by atoms with Gasteiger partial charge in [-0.2, -0.15) is 0 Å². The molecule has 0 radical (unpaired) electrons. The van der Waals surface area contributed by atoms with Crippen molar-refractivity contribution in [2.75, 3.05) is 0 Å². The molecule has 1 aliphatic carbocycles. The van der Waals surface area contributed by atoms with E-state index in [9.17, 15) is 10.2 Å². The van der Waals surface area contributed by atoms with Gasteiger partial charge in [-0.3, -0.25) is 0 Å². The Morgan fingerprint density at radius 1 is 1.17 bits per heavy atom. The molecule has 0 amide bonds. The Hall–Kier alpha value is -1.14. The summed E-state index contributed by atoms with van der Waals surface area (Å²) in [6, 6.07) is 3.47. The van der Waals surface area contributed by atoms with Crippen LogP contribution >= 0.6 is 0 Å². The van der Waals surface area contributed by atoms with Gasteiger partial charge in [-0.1, -0.05) is 0 Å². The lowest BCUT2D eigenvalue weighted by molar-refractivity contribution is -0.155. The fourth-order valence-corrected chi connectivity index (χ4v) is 2.55. The molecule has 18 heavy (non-hydrogen) atoms. The minimum atomic E-state index is -0.869. The predicted octanol–water partition coefficient (Wildman–Crippen LogP) is 0.918. The van der Waals surface area contributed by atoms with Crippen LogP contribution in [0.25, 0.3) is 5.57 Å². The molecule has 1 aromatic rings. The number of aliphatic hydroxyl groups is 2. The van der Waals surface area contributed by atoms with Crippen molar-refractivity contribution >= 4 is 5.57 Å². The SMILES string of the molecule is CC1(C)O[C@@H]2[C@H](O1)[C@@H](O)C=C(c1ccco1)[C@H]2O. The molecule has 4 atom stereocenters. The van der Waals surface area contributed by atoms with Crippen molar-refractivity contribution in [3.8, 4) is 0 Å². The van der Waals surface area contributed by atoms with Gasteiger partial charge in [0.05, 0.1) is 6.26 Å². The summed E-state index contributed by atoms with van der Waals surface area (Å²) in [6.07, 6.45) is 0.271. The summed E-state index contributed by atoms with van der Waals surface area (Å²) >= 11 is 0. The maximum Gasteiger partial charge on any atom is 0.164 e. The maximum absolute atomic E-state index is 10.3. The first kappa shape index (κ1) is 11.9. The van der Waals surface area contributed by atoms with Crippen LogP contribution in [0, 0.1) is 0 Å². The van der Waals surface area contributed by atoms with Gasteiger partial charge >= 0.3 is 0 Å². The van der Waals surface area contributed by atoms with Crippen molar-refractivity contribution < 1.29 is 24.1 Å². The Kier molecular flexibility index (Phi) is 2.60. The molecule has 1 fully saturated rings. The zero-order valence-corrected chi connectivity index (χ0v) is 10.2. The molecule has 0 unspecified atom stereocenters. The highest BCUT2D eigenvalue weighted by Crippen LogP contribution is 2.39. The molecular formula is C13H16O5. The summed E-state index contributed by atoms with van der Waals surface area (Å²) in [4.78, 5) is 0. The van der Waals surface area contributed by atoms with Crippen LogP contribution in [0.3, 0.4) is 0 Å². The van der Waals surface area contributed by atoms with Crippen LogP contribution in [0.4, 0.5) is 0 Å². The van der Waals surface area contributed by atoms with Crippen molar-refractivity contribution in [2.45, 2.75) is 44.1 Å². The van der Waals surface area contributed by atoms with Crippen LogP contribution in [-0.2, 0) is 9.47 Å². The highest BCUT2D eigenvalue weighted by atomic mass is 16.8. The molecule has 1 aromatic heterocycles. The van der Waals surface area contributed by atoms with Crippen LogP contribution in [0.15, 0.2) is 28.9 Å². The molecule has 0 spiro atoms. The van der Waals surface area contributed by atoms with E-state index in [2.05, 4.69) is 0 Å². The highest BCUT2D eigenvalue weighted by Gasteiger charge is 2.51. The summed E-state index contributed by atoms with van der Waals surface area (Å²) in [5.74, 6) is -0.266. The minimum absolute atomic E-state index is 0.535. The highest BCUT2D eigenvalue weighted by molar-refractivity contribution is 5.67. The monoisotopic (exact) mass is 252 g/mol. The molecule has 3 rings (SSSR count). The summed E-state index contributed by atoms with van der Waals surface area (Å²) in [5.41, 5.74) is 0.537. The minimum Gasteiger partial charge on any atom is -0.465 e. The Morgan fingerprint density at radius 3 is 2.56 bits per heavy atom. The van der Waals surface area contributed by atoms with Crippen molar-refractivity contribution in [3.05, 3.63) is 30.2 Å². The van der Waals surface area contributed by atoms with Gasteiger partial charge in [0, 0.05) is 5.57 Å². The number of hydrogen-bond acceptors (Lipinski definition) is 5. The van der Waals surface area contributed by atoms with Gasteiger partial charge in [-0.05, 0) is 32.1 Å². The van der Waals surface area contributed by atoms with Gasteiger partial charge in [-0.25, -0.2) is 0 Å². The van der Waals surface area contributed by atoms with E-state index in [1.165, 1.54) is 6.26 Å². The van der Waals surface area contributed by atoms with Crippen LogP contribution in [0.5, 0.6) is 0 Å². The quantitative estimate of drug-likeness (QED) is 0.777. The fraction of sp³-hybridized carbons (Fsp3) is 0.538. The molecular weight excluding hydrogens is 236 g/mol. The first-order valence-electron chi connectivity index (χ1n) is 5.95. The number of ether oxygens (including phenoxy) is 2. The number of hydrogen-bond donors (Lipinski definition) is 2. The Balaban J connectivity index is 1.95. The lowest BCUT2D eigenvalue weighted by Gasteiger charge is -2.30. The zero-order valence-electron chi connectivity index (χ0n) is 10.2. The molecule has 5 heteroatoms. The zero-order chi connectivity index (χ0) is 12.9. The van der Waals surface area contributed by atoms with Gasteiger partial charge < -0.3 is 24.1 Å². The molecule has 0 aromatic carbocycles. The predicted molar refractivity (Wildman–Crippen MR) is 62.5 cm³/mol. The Bertz CT molecular complexity index is 462. The summed E-state index contributed by atoms with van der Waals surface area (Å²) in [7, 11) is 0. The number of rotatable bonds is 1. The van der Waals surface area contributed by atoms with E-state index in [0.29, 0.717) is 11.3 Å². The molecule has 2 aliphatic rings. The second kappa shape index (κ2) is 3.93. The van der Waals surface area contributed by atoms with E-state index < -0.39 is 30.2 Å². The smallest absolute Gasteiger partial charge is 0.164 e. The largest absolute Gasteiger partial charge is 0.465 e. The molecule has 2 heterocycles. The third kappa shape index (κ3) is 1.80. The van der Waals surface area contributed by atoms with Gasteiger partial charge in [0.2, 0.25) is 0 Å². The van der Waals surface area contributed by atoms with E-state index in [4.69, 9.17) is 13.9 Å². The second-order valence-corrected chi connectivity index (χ2v) is 5.10. The van der Waals surface area contributed by atoms with Crippen molar-refractivity contribution in [1.29, 1.82) is 0 Å². The molecule has 1 saturated heterocycles. The van der Waals surface area contributed by atoms with Gasteiger partial charge in [0.15, 0.2) is 5.79 Å².